The maximum Gasteiger partial charge on any atom is 0.317 e. The Morgan fingerprint density at radius 3 is 2.71 bits per heavy atom. The van der Waals surface area contributed by atoms with E-state index in [0.29, 0.717) is 25.6 Å². The molecule has 2 atom stereocenters. The molecule has 1 aromatic carbocycles. The van der Waals surface area contributed by atoms with Crippen LogP contribution in [0.5, 0.6) is 0 Å². The number of likely N-dealkylation sites (tertiary alicyclic amines) is 1. The number of aromatic amines is 1. The van der Waals surface area contributed by atoms with Crippen molar-refractivity contribution in [2.75, 3.05) is 19.8 Å². The van der Waals surface area contributed by atoms with Crippen LogP contribution in [0.15, 0.2) is 30.3 Å². The highest BCUT2D eigenvalue weighted by Crippen LogP contribution is 2.34. The molecule has 2 N–H and O–H groups in total. The fraction of sp³-hybridized carbons (Fsp3) is 0.571. The zero-order valence-corrected chi connectivity index (χ0v) is 16.1. The van der Waals surface area contributed by atoms with Gasteiger partial charge in [0.2, 0.25) is 0 Å². The molecule has 2 fully saturated rings. The largest absolute Gasteiger partial charge is 0.334 e. The first kappa shape index (κ1) is 18.9. The van der Waals surface area contributed by atoms with E-state index in [4.69, 9.17) is 4.98 Å². The van der Waals surface area contributed by atoms with E-state index >= 15 is 0 Å². The third-order valence-electron chi connectivity index (χ3n) is 6.05. The molecule has 0 bridgehead atoms. The molecule has 2 amide bonds. The minimum absolute atomic E-state index is 0.127. The van der Waals surface area contributed by atoms with Crippen LogP contribution < -0.4 is 5.32 Å². The van der Waals surface area contributed by atoms with E-state index in [1.54, 1.807) is 4.90 Å². The monoisotopic (exact) mass is 385 g/mol. The third kappa shape index (κ3) is 4.18. The molecule has 1 aliphatic heterocycles. The summed E-state index contributed by atoms with van der Waals surface area (Å²) in [5, 5.41) is 10.4. The van der Waals surface area contributed by atoms with Crippen LogP contribution in [-0.2, 0) is 6.54 Å². The van der Waals surface area contributed by atoms with Gasteiger partial charge in [-0.2, -0.15) is 5.10 Å². The van der Waals surface area contributed by atoms with Gasteiger partial charge >= 0.3 is 6.03 Å². The lowest BCUT2D eigenvalue weighted by atomic mass is 9.89. The number of hydrogen-bond donors (Lipinski definition) is 2. The van der Waals surface area contributed by atoms with E-state index in [1.165, 1.54) is 19.3 Å². The van der Waals surface area contributed by atoms with E-state index in [9.17, 15) is 9.18 Å². The number of alkyl halides is 1. The fourth-order valence-electron chi connectivity index (χ4n) is 4.39. The highest BCUT2D eigenvalue weighted by atomic mass is 19.1. The summed E-state index contributed by atoms with van der Waals surface area (Å²) in [6, 6.07) is 9.62. The van der Waals surface area contributed by atoms with Gasteiger partial charge in [0.15, 0.2) is 5.82 Å². The van der Waals surface area contributed by atoms with Crippen LogP contribution in [0, 0.1) is 5.92 Å². The summed E-state index contributed by atoms with van der Waals surface area (Å²) in [5.41, 5.74) is 1.04. The number of aromatic nitrogens is 3. The molecule has 2 aliphatic rings. The number of nitrogens with zero attached hydrogens (tertiary/aromatic N) is 3. The van der Waals surface area contributed by atoms with E-state index in [1.807, 2.05) is 30.3 Å². The molecular formula is C21H28FN5O. The number of nitrogens with one attached hydrogen (secondary N) is 2. The van der Waals surface area contributed by atoms with Crippen molar-refractivity contribution < 1.29 is 9.18 Å². The Kier molecular flexibility index (Phi) is 5.88. The Morgan fingerprint density at radius 2 is 1.96 bits per heavy atom. The number of amides is 2. The van der Waals surface area contributed by atoms with Crippen molar-refractivity contribution in [1.82, 2.24) is 25.4 Å². The molecule has 0 spiro atoms. The maximum atomic E-state index is 13.7. The zero-order valence-electron chi connectivity index (χ0n) is 16.1. The Labute approximate surface area is 164 Å². The molecule has 1 aliphatic carbocycles. The zero-order chi connectivity index (χ0) is 19.3. The smallest absolute Gasteiger partial charge is 0.317 e. The number of hydrogen-bond acceptors (Lipinski definition) is 3. The average Bonchev–Trinajstić information content (AvgIpc) is 3.40. The molecule has 0 unspecified atom stereocenters. The van der Waals surface area contributed by atoms with Crippen molar-refractivity contribution in [3.05, 3.63) is 47.5 Å². The predicted octanol–water partition coefficient (Wildman–Crippen LogP) is 3.75. The fourth-order valence-corrected chi connectivity index (χ4v) is 4.39. The lowest BCUT2D eigenvalue weighted by Crippen LogP contribution is -2.38. The van der Waals surface area contributed by atoms with Crippen LogP contribution in [0.2, 0.25) is 0 Å². The molecule has 6 nitrogen and oxygen atoms in total. The van der Waals surface area contributed by atoms with Crippen molar-refractivity contribution in [1.29, 1.82) is 0 Å². The topological polar surface area (TPSA) is 73.9 Å². The van der Waals surface area contributed by atoms with Gasteiger partial charge in [0.25, 0.3) is 0 Å². The molecule has 150 valence electrons. The second kappa shape index (κ2) is 8.71. The summed E-state index contributed by atoms with van der Waals surface area (Å²) in [6.07, 6.45) is 5.99. The normalized spacial score (nSPS) is 23.1. The van der Waals surface area contributed by atoms with Gasteiger partial charge in [-0.25, -0.2) is 9.78 Å². The van der Waals surface area contributed by atoms with Gasteiger partial charge < -0.3 is 10.2 Å². The summed E-state index contributed by atoms with van der Waals surface area (Å²) >= 11 is 0. The Morgan fingerprint density at radius 1 is 1.18 bits per heavy atom. The summed E-state index contributed by atoms with van der Waals surface area (Å²) < 4.78 is 13.7. The number of rotatable bonds is 5. The van der Waals surface area contributed by atoms with Crippen LogP contribution >= 0.6 is 0 Å². The third-order valence-corrected chi connectivity index (χ3v) is 6.05. The SMILES string of the molecule is O=C(NCc1ccccc1)N1C[C@@H](CF)[C@H](c2nc(C3CCCCC3)n[nH]2)C1. The second-order valence-electron chi connectivity index (χ2n) is 7.98. The molecule has 0 radical (unpaired) electrons. The molecule has 2 heterocycles. The molecule has 7 heteroatoms. The van der Waals surface area contributed by atoms with Crippen LogP contribution in [0.25, 0.3) is 0 Å². The molecule has 4 rings (SSSR count). The van der Waals surface area contributed by atoms with Gasteiger partial charge in [0.1, 0.15) is 5.82 Å². The standard InChI is InChI=1S/C21H28FN5O/c22-11-17-13-27(21(28)23-12-15-7-3-1-4-8-15)14-18(17)20-24-19(25-26-20)16-9-5-2-6-10-16/h1,3-4,7-8,16-18H,2,5-6,9-14H2,(H,23,28)(H,24,25,26)/t17-,18-/m1/s1. The lowest BCUT2D eigenvalue weighted by molar-refractivity contribution is 0.205. The molecule has 2 aromatic rings. The number of H-pyrrole nitrogens is 1. The number of halogens is 1. The quantitative estimate of drug-likeness (QED) is 0.823. The second-order valence-corrected chi connectivity index (χ2v) is 7.98. The van der Waals surface area contributed by atoms with Crippen molar-refractivity contribution in [2.24, 2.45) is 5.92 Å². The first-order valence-electron chi connectivity index (χ1n) is 10.3. The van der Waals surface area contributed by atoms with Crippen LogP contribution in [0.4, 0.5) is 9.18 Å². The molecular weight excluding hydrogens is 357 g/mol. The summed E-state index contributed by atoms with van der Waals surface area (Å²) in [4.78, 5) is 19.0. The predicted molar refractivity (Wildman–Crippen MR) is 105 cm³/mol. The van der Waals surface area contributed by atoms with E-state index in [2.05, 4.69) is 15.5 Å². The van der Waals surface area contributed by atoms with E-state index in [0.717, 1.165) is 30.1 Å². The molecule has 1 aromatic heterocycles. The van der Waals surface area contributed by atoms with Gasteiger partial charge in [-0.3, -0.25) is 9.49 Å². The maximum absolute atomic E-state index is 13.7. The minimum atomic E-state index is -0.466. The summed E-state index contributed by atoms with van der Waals surface area (Å²) in [5.74, 6) is 1.63. The Bertz CT molecular complexity index is 774. The lowest BCUT2D eigenvalue weighted by Gasteiger charge is -2.18. The Hall–Kier alpha value is -2.44. The van der Waals surface area contributed by atoms with Gasteiger partial charge in [-0.05, 0) is 18.4 Å². The molecule has 28 heavy (non-hydrogen) atoms. The van der Waals surface area contributed by atoms with Crippen molar-refractivity contribution >= 4 is 6.03 Å². The highest BCUT2D eigenvalue weighted by molar-refractivity contribution is 5.74. The van der Waals surface area contributed by atoms with Gasteiger partial charge in [-0.1, -0.05) is 49.6 Å². The van der Waals surface area contributed by atoms with Crippen molar-refractivity contribution in [3.63, 3.8) is 0 Å². The highest BCUT2D eigenvalue weighted by Gasteiger charge is 2.38. The number of urea groups is 1. The average molecular weight is 385 g/mol. The number of carbonyl (C=O) groups is 1. The Balaban J connectivity index is 1.38. The van der Waals surface area contributed by atoms with E-state index in [-0.39, 0.29) is 17.9 Å². The van der Waals surface area contributed by atoms with Gasteiger partial charge in [0, 0.05) is 37.4 Å². The first-order valence-corrected chi connectivity index (χ1v) is 10.3. The molecule has 1 saturated heterocycles. The summed E-state index contributed by atoms with van der Waals surface area (Å²) in [7, 11) is 0. The first-order chi connectivity index (χ1) is 13.7. The number of carbonyl (C=O) groups excluding carboxylic acids is 1. The minimum Gasteiger partial charge on any atom is -0.334 e. The van der Waals surface area contributed by atoms with Crippen molar-refractivity contribution in [2.45, 2.75) is 50.5 Å². The van der Waals surface area contributed by atoms with Crippen LogP contribution in [-0.4, -0.2) is 45.9 Å². The van der Waals surface area contributed by atoms with Crippen LogP contribution in [0.3, 0.4) is 0 Å². The number of benzene rings is 1. The van der Waals surface area contributed by atoms with E-state index < -0.39 is 6.67 Å². The molecule has 1 saturated carbocycles. The van der Waals surface area contributed by atoms with Crippen LogP contribution in [0.1, 0.15) is 61.2 Å². The van der Waals surface area contributed by atoms with Gasteiger partial charge in [0.05, 0.1) is 6.67 Å². The summed E-state index contributed by atoms with van der Waals surface area (Å²) in [6.45, 7) is 0.873. The van der Waals surface area contributed by atoms with Gasteiger partial charge in [-0.15, -0.1) is 0 Å². The van der Waals surface area contributed by atoms with Crippen molar-refractivity contribution in [3.8, 4) is 0 Å².